The third kappa shape index (κ3) is 4.53. The van der Waals surface area contributed by atoms with Crippen molar-refractivity contribution in [1.82, 2.24) is 0 Å². The minimum Gasteiger partial charge on any atom is -0.493 e. The highest BCUT2D eigenvalue weighted by atomic mass is 16.6. The van der Waals surface area contributed by atoms with Crippen LogP contribution < -0.4 is 20.5 Å². The molecule has 0 radical (unpaired) electrons. The van der Waals surface area contributed by atoms with Gasteiger partial charge in [-0.05, 0) is 30.6 Å². The minimum absolute atomic E-state index is 0.325. The van der Waals surface area contributed by atoms with Gasteiger partial charge in [0.25, 0.3) is 0 Å². The molecule has 0 unspecified atom stereocenters. The molecule has 0 saturated heterocycles. The fourth-order valence-electron chi connectivity index (χ4n) is 3.77. The molecule has 1 aliphatic carbocycles. The average Bonchev–Trinajstić information content (AvgIpc) is 2.38. The fourth-order valence-corrected chi connectivity index (χ4v) is 3.77. The molecule has 0 spiro atoms. The highest BCUT2D eigenvalue weighted by molar-refractivity contribution is 5.76. The minimum atomic E-state index is -0.397. The Balaban J connectivity index is 2.21. The number of nitrogens with two attached hydrogens (primary N) is 1. The van der Waals surface area contributed by atoms with Crippen LogP contribution in [0.25, 0.3) is 0 Å². The standard InChI is InChI=1S/C18H28N2O3/c1-11-6-13(10-18(3,4)9-11)20-15-8-16(22-5)17(7-14(15)19)23-12(2)21/h7-8,11,13,20H,6,9-10,19H2,1-5H3/t11-,13+/m1/s1. The molecule has 23 heavy (non-hydrogen) atoms. The van der Waals surface area contributed by atoms with Gasteiger partial charge in [-0.3, -0.25) is 4.79 Å². The molecule has 1 aromatic carbocycles. The van der Waals surface area contributed by atoms with E-state index in [0.717, 1.165) is 18.5 Å². The summed E-state index contributed by atoms with van der Waals surface area (Å²) in [6, 6.07) is 3.82. The lowest BCUT2D eigenvalue weighted by molar-refractivity contribution is -0.132. The van der Waals surface area contributed by atoms with Gasteiger partial charge >= 0.3 is 5.97 Å². The Kier molecular flexibility index (Phi) is 5.07. The van der Waals surface area contributed by atoms with Crippen LogP contribution in [0.4, 0.5) is 11.4 Å². The van der Waals surface area contributed by atoms with E-state index < -0.39 is 5.97 Å². The van der Waals surface area contributed by atoms with Gasteiger partial charge in [0.15, 0.2) is 11.5 Å². The Morgan fingerprint density at radius 3 is 2.57 bits per heavy atom. The number of carbonyl (C=O) groups is 1. The summed E-state index contributed by atoms with van der Waals surface area (Å²) < 4.78 is 10.5. The van der Waals surface area contributed by atoms with Crippen LogP contribution in [0, 0.1) is 11.3 Å². The summed E-state index contributed by atoms with van der Waals surface area (Å²) in [6.45, 7) is 8.27. The smallest absolute Gasteiger partial charge is 0.308 e. The first-order valence-electron chi connectivity index (χ1n) is 8.12. The lowest BCUT2D eigenvalue weighted by atomic mass is 9.70. The highest BCUT2D eigenvalue weighted by Gasteiger charge is 2.32. The third-order valence-electron chi connectivity index (χ3n) is 4.34. The molecule has 2 atom stereocenters. The van der Waals surface area contributed by atoms with E-state index >= 15 is 0 Å². The molecule has 5 nitrogen and oxygen atoms in total. The molecule has 1 aliphatic rings. The van der Waals surface area contributed by atoms with Crippen LogP contribution in [-0.4, -0.2) is 19.1 Å². The highest BCUT2D eigenvalue weighted by Crippen LogP contribution is 2.41. The number of anilines is 2. The summed E-state index contributed by atoms with van der Waals surface area (Å²) >= 11 is 0. The summed E-state index contributed by atoms with van der Waals surface area (Å²) in [7, 11) is 1.55. The Morgan fingerprint density at radius 2 is 2.00 bits per heavy atom. The second-order valence-corrected chi connectivity index (χ2v) is 7.44. The molecule has 0 bridgehead atoms. The van der Waals surface area contributed by atoms with Crippen LogP contribution >= 0.6 is 0 Å². The number of carbonyl (C=O) groups excluding carboxylic acids is 1. The number of nitrogens with one attached hydrogen (secondary N) is 1. The molecule has 0 amide bonds. The van der Waals surface area contributed by atoms with Crippen LogP contribution in [0.1, 0.15) is 47.0 Å². The van der Waals surface area contributed by atoms with Gasteiger partial charge in [0, 0.05) is 25.1 Å². The maximum absolute atomic E-state index is 11.2. The molecule has 3 N–H and O–H groups in total. The first-order valence-corrected chi connectivity index (χ1v) is 8.12. The van der Waals surface area contributed by atoms with Gasteiger partial charge in [0.2, 0.25) is 0 Å². The largest absolute Gasteiger partial charge is 0.493 e. The molecule has 0 aromatic heterocycles. The van der Waals surface area contributed by atoms with Crippen LogP contribution in [0.5, 0.6) is 11.5 Å². The number of hydrogen-bond donors (Lipinski definition) is 2. The number of nitrogen functional groups attached to an aromatic ring is 1. The van der Waals surface area contributed by atoms with Crippen molar-refractivity contribution in [2.24, 2.45) is 11.3 Å². The van der Waals surface area contributed by atoms with E-state index in [4.69, 9.17) is 15.2 Å². The number of methoxy groups -OCH3 is 1. The van der Waals surface area contributed by atoms with Gasteiger partial charge in [-0.2, -0.15) is 0 Å². The summed E-state index contributed by atoms with van der Waals surface area (Å²) in [5.41, 5.74) is 7.84. The van der Waals surface area contributed by atoms with E-state index in [1.54, 1.807) is 19.2 Å². The SMILES string of the molecule is COc1cc(N[C@H]2C[C@@H](C)CC(C)(C)C2)c(N)cc1OC(C)=O. The quantitative estimate of drug-likeness (QED) is 0.501. The van der Waals surface area contributed by atoms with Crippen molar-refractivity contribution in [3.05, 3.63) is 12.1 Å². The Morgan fingerprint density at radius 1 is 1.30 bits per heavy atom. The average molecular weight is 320 g/mol. The van der Waals surface area contributed by atoms with Crippen molar-refractivity contribution in [3.63, 3.8) is 0 Å². The van der Waals surface area contributed by atoms with E-state index in [2.05, 4.69) is 26.1 Å². The first kappa shape index (κ1) is 17.4. The molecular weight excluding hydrogens is 292 g/mol. The lowest BCUT2D eigenvalue weighted by Crippen LogP contribution is -2.35. The monoisotopic (exact) mass is 320 g/mol. The van der Waals surface area contributed by atoms with Crippen molar-refractivity contribution in [2.75, 3.05) is 18.2 Å². The second kappa shape index (κ2) is 6.69. The summed E-state index contributed by atoms with van der Waals surface area (Å²) in [5, 5.41) is 3.54. The van der Waals surface area contributed by atoms with Crippen molar-refractivity contribution < 1.29 is 14.3 Å². The van der Waals surface area contributed by atoms with E-state index in [1.165, 1.54) is 13.3 Å². The third-order valence-corrected chi connectivity index (χ3v) is 4.34. The molecule has 1 fully saturated rings. The summed E-state index contributed by atoms with van der Waals surface area (Å²) in [4.78, 5) is 11.2. The predicted molar refractivity (Wildman–Crippen MR) is 92.9 cm³/mol. The van der Waals surface area contributed by atoms with Gasteiger partial charge in [-0.15, -0.1) is 0 Å². The van der Waals surface area contributed by atoms with E-state index in [-0.39, 0.29) is 0 Å². The Bertz CT molecular complexity index is 584. The fraction of sp³-hybridized carbons (Fsp3) is 0.611. The number of ether oxygens (including phenoxy) is 2. The maximum Gasteiger partial charge on any atom is 0.308 e. The first-order chi connectivity index (χ1) is 10.7. The van der Waals surface area contributed by atoms with Gasteiger partial charge < -0.3 is 20.5 Å². The van der Waals surface area contributed by atoms with Gasteiger partial charge in [-0.25, -0.2) is 0 Å². The zero-order chi connectivity index (χ0) is 17.2. The zero-order valence-corrected chi connectivity index (χ0v) is 14.7. The lowest BCUT2D eigenvalue weighted by Gasteiger charge is -2.39. The zero-order valence-electron chi connectivity index (χ0n) is 14.7. The van der Waals surface area contributed by atoms with Crippen LogP contribution in [0.2, 0.25) is 0 Å². The molecule has 5 heteroatoms. The molecule has 1 aromatic rings. The second-order valence-electron chi connectivity index (χ2n) is 7.44. The van der Waals surface area contributed by atoms with Crippen LogP contribution in [0.3, 0.4) is 0 Å². The molecular formula is C18H28N2O3. The van der Waals surface area contributed by atoms with Gasteiger partial charge in [0.05, 0.1) is 18.5 Å². The number of rotatable bonds is 4. The molecule has 2 rings (SSSR count). The van der Waals surface area contributed by atoms with E-state index in [0.29, 0.717) is 34.6 Å². The van der Waals surface area contributed by atoms with Crippen molar-refractivity contribution in [2.45, 2.75) is 53.0 Å². The summed E-state index contributed by atoms with van der Waals surface area (Å²) in [5.74, 6) is 1.13. The Labute approximate surface area is 138 Å². The molecule has 128 valence electrons. The molecule has 1 saturated carbocycles. The topological polar surface area (TPSA) is 73.6 Å². The van der Waals surface area contributed by atoms with E-state index in [9.17, 15) is 4.79 Å². The molecule has 0 heterocycles. The normalized spacial score (nSPS) is 23.2. The predicted octanol–water partition coefficient (Wildman–Crippen LogP) is 3.83. The Hall–Kier alpha value is -1.91. The maximum atomic E-state index is 11.2. The summed E-state index contributed by atoms with van der Waals surface area (Å²) in [6.07, 6.45) is 3.47. The number of benzene rings is 1. The number of esters is 1. The van der Waals surface area contributed by atoms with Crippen molar-refractivity contribution >= 4 is 17.3 Å². The van der Waals surface area contributed by atoms with Crippen LogP contribution in [-0.2, 0) is 4.79 Å². The van der Waals surface area contributed by atoms with E-state index in [1.807, 2.05) is 0 Å². The molecule has 0 aliphatic heterocycles. The van der Waals surface area contributed by atoms with Crippen LogP contribution in [0.15, 0.2) is 12.1 Å². The van der Waals surface area contributed by atoms with Gasteiger partial charge in [-0.1, -0.05) is 20.8 Å². The van der Waals surface area contributed by atoms with Gasteiger partial charge in [0.1, 0.15) is 0 Å². The van der Waals surface area contributed by atoms with Crippen molar-refractivity contribution in [1.29, 1.82) is 0 Å². The number of hydrogen-bond acceptors (Lipinski definition) is 5. The van der Waals surface area contributed by atoms with Crippen molar-refractivity contribution in [3.8, 4) is 11.5 Å².